The van der Waals surface area contributed by atoms with E-state index in [0.717, 1.165) is 12.8 Å². The second-order valence-corrected chi connectivity index (χ2v) is 6.98. The molecule has 4 aromatic carbocycles. The lowest BCUT2D eigenvalue weighted by Crippen LogP contribution is -1.90. The van der Waals surface area contributed by atoms with E-state index in [0.29, 0.717) is 0 Å². The first-order valence-electron chi connectivity index (χ1n) is 8.63. The number of benzene rings is 4. The molecule has 24 heavy (non-hydrogen) atoms. The van der Waals surface area contributed by atoms with Crippen LogP contribution in [0.25, 0.3) is 33.0 Å². The van der Waals surface area contributed by atoms with Gasteiger partial charge in [-0.05, 0) is 74.2 Å². The van der Waals surface area contributed by atoms with Crippen LogP contribution >= 0.6 is 0 Å². The summed E-state index contributed by atoms with van der Waals surface area (Å²) in [5.41, 5.74) is 11.8. The van der Waals surface area contributed by atoms with Gasteiger partial charge in [0.15, 0.2) is 0 Å². The van der Waals surface area contributed by atoms with Crippen LogP contribution in [0.3, 0.4) is 0 Å². The van der Waals surface area contributed by atoms with Crippen LogP contribution in [-0.2, 0) is 12.8 Å². The van der Waals surface area contributed by atoms with Crippen LogP contribution < -0.4 is 0 Å². The van der Waals surface area contributed by atoms with Crippen molar-refractivity contribution in [1.29, 1.82) is 0 Å². The van der Waals surface area contributed by atoms with Crippen LogP contribution in [-0.4, -0.2) is 0 Å². The Kier molecular flexibility index (Phi) is 2.28. The van der Waals surface area contributed by atoms with Crippen LogP contribution in [0.1, 0.15) is 22.3 Å². The van der Waals surface area contributed by atoms with E-state index in [9.17, 15) is 0 Å². The number of fused-ring (bicyclic) bond motifs is 8. The minimum atomic E-state index is 1.08. The van der Waals surface area contributed by atoms with Gasteiger partial charge in [0.25, 0.3) is 0 Å². The Balaban J connectivity index is 1.60. The van der Waals surface area contributed by atoms with Crippen LogP contribution in [0.4, 0.5) is 0 Å². The number of hydrogen-bond acceptors (Lipinski definition) is 0. The van der Waals surface area contributed by atoms with Crippen molar-refractivity contribution in [2.45, 2.75) is 12.8 Å². The van der Waals surface area contributed by atoms with Crippen molar-refractivity contribution in [3.05, 3.63) is 95.1 Å². The van der Waals surface area contributed by atoms with Crippen LogP contribution in [0.15, 0.2) is 72.8 Å². The first-order valence-corrected chi connectivity index (χ1v) is 8.63. The molecule has 0 bridgehead atoms. The molecule has 0 radical (unpaired) electrons. The van der Waals surface area contributed by atoms with Crippen molar-refractivity contribution in [3.63, 3.8) is 0 Å². The van der Waals surface area contributed by atoms with Gasteiger partial charge in [-0.3, -0.25) is 0 Å². The highest BCUT2D eigenvalue weighted by molar-refractivity contribution is 5.94. The Labute approximate surface area is 141 Å². The van der Waals surface area contributed by atoms with E-state index >= 15 is 0 Å². The van der Waals surface area contributed by atoms with Gasteiger partial charge in [0.1, 0.15) is 0 Å². The van der Waals surface area contributed by atoms with Crippen molar-refractivity contribution >= 4 is 10.8 Å². The molecule has 0 fully saturated rings. The molecule has 0 unspecified atom stereocenters. The standard InChI is InChI=1S/C24H16/c1-2-6-16-12-22-18(11-15(16)5-1)14-24-21(22)10-9-20-19-8-4-3-7-17(19)13-23(20)24/h1-12H,13-14H2. The molecule has 0 heteroatoms. The van der Waals surface area contributed by atoms with Crippen molar-refractivity contribution in [1.82, 2.24) is 0 Å². The van der Waals surface area contributed by atoms with Crippen molar-refractivity contribution < 1.29 is 0 Å². The van der Waals surface area contributed by atoms with E-state index in [1.54, 1.807) is 11.1 Å². The zero-order valence-corrected chi connectivity index (χ0v) is 13.3. The molecule has 0 saturated carbocycles. The maximum Gasteiger partial charge on any atom is -0.00102 e. The monoisotopic (exact) mass is 304 g/mol. The molecule has 0 amide bonds. The summed E-state index contributed by atoms with van der Waals surface area (Å²) in [4.78, 5) is 0. The van der Waals surface area contributed by atoms with Crippen molar-refractivity contribution in [2.75, 3.05) is 0 Å². The van der Waals surface area contributed by atoms with Crippen molar-refractivity contribution in [2.24, 2.45) is 0 Å². The zero-order chi connectivity index (χ0) is 15.7. The van der Waals surface area contributed by atoms with Gasteiger partial charge in [-0.25, -0.2) is 0 Å². The average molecular weight is 304 g/mol. The van der Waals surface area contributed by atoms with Gasteiger partial charge >= 0.3 is 0 Å². The lowest BCUT2D eigenvalue weighted by Gasteiger charge is -2.08. The zero-order valence-electron chi connectivity index (χ0n) is 13.3. The molecule has 0 atom stereocenters. The molecule has 0 spiro atoms. The highest BCUT2D eigenvalue weighted by Crippen LogP contribution is 2.47. The first kappa shape index (κ1) is 12.5. The molecular formula is C24H16. The lowest BCUT2D eigenvalue weighted by molar-refractivity contribution is 1.16. The molecule has 0 heterocycles. The Hall–Kier alpha value is -2.86. The molecule has 2 aliphatic rings. The topological polar surface area (TPSA) is 0 Å². The largest absolute Gasteiger partial charge is 0.0619 e. The van der Waals surface area contributed by atoms with Gasteiger partial charge in [-0.15, -0.1) is 0 Å². The summed E-state index contributed by atoms with van der Waals surface area (Å²) >= 11 is 0. The van der Waals surface area contributed by atoms with Gasteiger partial charge < -0.3 is 0 Å². The Morgan fingerprint density at radius 2 is 1.08 bits per heavy atom. The Morgan fingerprint density at radius 3 is 1.92 bits per heavy atom. The van der Waals surface area contributed by atoms with Gasteiger partial charge in [0, 0.05) is 0 Å². The number of hydrogen-bond donors (Lipinski definition) is 0. The first-order chi connectivity index (χ1) is 11.9. The molecular weight excluding hydrogens is 288 g/mol. The van der Waals surface area contributed by atoms with Crippen LogP contribution in [0.5, 0.6) is 0 Å². The molecule has 0 nitrogen and oxygen atoms in total. The lowest BCUT2D eigenvalue weighted by atomic mass is 9.96. The molecule has 6 rings (SSSR count). The van der Waals surface area contributed by atoms with Crippen LogP contribution in [0, 0.1) is 0 Å². The predicted octanol–water partition coefficient (Wildman–Crippen LogP) is 5.98. The fraction of sp³-hybridized carbons (Fsp3) is 0.0833. The van der Waals surface area contributed by atoms with Crippen molar-refractivity contribution in [3.8, 4) is 22.3 Å². The summed E-state index contributed by atoms with van der Waals surface area (Å²) in [6.07, 6.45) is 2.16. The van der Waals surface area contributed by atoms with Gasteiger partial charge in [-0.1, -0.05) is 66.7 Å². The normalized spacial score (nSPS) is 13.5. The number of rotatable bonds is 0. The molecule has 0 aliphatic heterocycles. The van der Waals surface area contributed by atoms with Gasteiger partial charge in [-0.2, -0.15) is 0 Å². The third-order valence-corrected chi connectivity index (χ3v) is 5.73. The minimum Gasteiger partial charge on any atom is -0.0619 e. The molecule has 4 aromatic rings. The second-order valence-electron chi connectivity index (χ2n) is 6.98. The van der Waals surface area contributed by atoms with E-state index in [1.807, 2.05) is 0 Å². The maximum absolute atomic E-state index is 2.39. The summed E-state index contributed by atoms with van der Waals surface area (Å²) < 4.78 is 0. The second kappa shape index (κ2) is 4.36. The highest BCUT2D eigenvalue weighted by Gasteiger charge is 2.27. The molecule has 2 aliphatic carbocycles. The van der Waals surface area contributed by atoms with E-state index in [2.05, 4.69) is 72.8 Å². The van der Waals surface area contributed by atoms with Crippen LogP contribution in [0.2, 0.25) is 0 Å². The van der Waals surface area contributed by atoms with E-state index in [1.165, 1.54) is 44.2 Å². The van der Waals surface area contributed by atoms with Gasteiger partial charge in [0.05, 0.1) is 0 Å². The Morgan fingerprint density at radius 1 is 0.458 bits per heavy atom. The van der Waals surface area contributed by atoms with Gasteiger partial charge in [0.2, 0.25) is 0 Å². The fourth-order valence-corrected chi connectivity index (χ4v) is 4.60. The Bertz CT molecular complexity index is 1150. The summed E-state index contributed by atoms with van der Waals surface area (Å²) in [5.74, 6) is 0. The summed E-state index contributed by atoms with van der Waals surface area (Å²) in [6, 6.07) is 27.0. The molecule has 0 saturated heterocycles. The summed E-state index contributed by atoms with van der Waals surface area (Å²) in [5, 5.41) is 2.69. The smallest absolute Gasteiger partial charge is 0.00102 e. The predicted molar refractivity (Wildman–Crippen MR) is 100 cm³/mol. The third kappa shape index (κ3) is 1.53. The molecule has 112 valence electrons. The van der Waals surface area contributed by atoms with E-state index in [4.69, 9.17) is 0 Å². The average Bonchev–Trinajstić information content (AvgIpc) is 3.17. The molecule has 0 aromatic heterocycles. The SMILES string of the molecule is c1ccc2c(c1)Cc1c-2ccc2c1Cc1cc3ccccc3cc1-2. The quantitative estimate of drug-likeness (QED) is 0.324. The minimum absolute atomic E-state index is 1.08. The van der Waals surface area contributed by atoms with E-state index < -0.39 is 0 Å². The summed E-state index contributed by atoms with van der Waals surface area (Å²) in [6.45, 7) is 0. The maximum atomic E-state index is 2.39. The summed E-state index contributed by atoms with van der Waals surface area (Å²) in [7, 11) is 0. The fourth-order valence-electron chi connectivity index (χ4n) is 4.60. The molecule has 0 N–H and O–H groups in total. The third-order valence-electron chi connectivity index (χ3n) is 5.73. The van der Waals surface area contributed by atoms with E-state index in [-0.39, 0.29) is 0 Å². The highest BCUT2D eigenvalue weighted by atomic mass is 14.3.